The molecule has 1 rings (SSSR count). The summed E-state index contributed by atoms with van der Waals surface area (Å²) in [5, 5.41) is 5.67. The van der Waals surface area contributed by atoms with Gasteiger partial charge in [-0.2, -0.15) is 0 Å². The molecule has 4 N–H and O–H groups in total. The van der Waals surface area contributed by atoms with Crippen molar-refractivity contribution >= 4 is 6.03 Å². The number of nitrogens with one attached hydrogen (secondary N) is 2. The van der Waals surface area contributed by atoms with Crippen molar-refractivity contribution < 1.29 is 4.79 Å². The summed E-state index contributed by atoms with van der Waals surface area (Å²) in [6.07, 6.45) is 3.14. The molecule has 1 aliphatic rings. The van der Waals surface area contributed by atoms with Crippen LogP contribution in [0.3, 0.4) is 0 Å². The number of carbonyl (C=O) groups excluding carboxylic acids is 1. The molecule has 1 aliphatic carbocycles. The van der Waals surface area contributed by atoms with Crippen LogP contribution in [-0.4, -0.2) is 24.7 Å². The molecule has 0 saturated heterocycles. The molecular weight excluding hydrogens is 190 g/mol. The average Bonchev–Trinajstić information content (AvgIpc) is 2.81. The van der Waals surface area contributed by atoms with E-state index >= 15 is 0 Å². The number of amides is 2. The second-order valence-corrected chi connectivity index (χ2v) is 5.65. The van der Waals surface area contributed by atoms with E-state index in [0.717, 1.165) is 19.3 Å². The first-order valence-electron chi connectivity index (χ1n) is 5.67. The molecule has 15 heavy (non-hydrogen) atoms. The SMILES string of the molecule is CC(C)(C)CC(N)CNC(=O)NC1CC1. The quantitative estimate of drug-likeness (QED) is 0.657. The Morgan fingerprint density at radius 2 is 2.07 bits per heavy atom. The monoisotopic (exact) mass is 213 g/mol. The molecule has 0 radical (unpaired) electrons. The number of carbonyl (C=O) groups is 1. The molecule has 4 heteroatoms. The number of hydrogen-bond donors (Lipinski definition) is 3. The van der Waals surface area contributed by atoms with Crippen LogP contribution in [0.4, 0.5) is 4.79 Å². The van der Waals surface area contributed by atoms with Gasteiger partial charge in [0.1, 0.15) is 0 Å². The second-order valence-electron chi connectivity index (χ2n) is 5.65. The molecule has 0 aromatic carbocycles. The summed E-state index contributed by atoms with van der Waals surface area (Å²) >= 11 is 0. The van der Waals surface area contributed by atoms with Crippen molar-refractivity contribution in [1.29, 1.82) is 0 Å². The van der Waals surface area contributed by atoms with E-state index in [-0.39, 0.29) is 17.5 Å². The maximum Gasteiger partial charge on any atom is 0.315 e. The number of rotatable bonds is 4. The fraction of sp³-hybridized carbons (Fsp3) is 0.909. The van der Waals surface area contributed by atoms with Crippen LogP contribution in [-0.2, 0) is 0 Å². The third kappa shape index (κ3) is 6.33. The van der Waals surface area contributed by atoms with E-state index in [1.54, 1.807) is 0 Å². The average molecular weight is 213 g/mol. The first kappa shape index (κ1) is 12.3. The van der Waals surface area contributed by atoms with Crippen molar-refractivity contribution in [2.45, 2.75) is 52.1 Å². The van der Waals surface area contributed by atoms with Crippen LogP contribution in [0.15, 0.2) is 0 Å². The van der Waals surface area contributed by atoms with Gasteiger partial charge in [-0.05, 0) is 24.7 Å². The highest BCUT2D eigenvalue weighted by Gasteiger charge is 2.23. The highest BCUT2D eigenvalue weighted by Crippen LogP contribution is 2.20. The smallest absolute Gasteiger partial charge is 0.315 e. The van der Waals surface area contributed by atoms with Crippen LogP contribution in [0.1, 0.15) is 40.0 Å². The van der Waals surface area contributed by atoms with Crippen LogP contribution in [0, 0.1) is 5.41 Å². The normalized spacial score (nSPS) is 18.4. The summed E-state index contributed by atoms with van der Waals surface area (Å²) in [7, 11) is 0. The van der Waals surface area contributed by atoms with E-state index in [4.69, 9.17) is 5.73 Å². The molecule has 0 spiro atoms. The standard InChI is InChI=1S/C11H23N3O/c1-11(2,3)6-8(12)7-13-10(15)14-9-4-5-9/h8-9H,4-7,12H2,1-3H3,(H2,13,14,15). The predicted octanol–water partition coefficient (Wildman–Crippen LogP) is 1.21. The lowest BCUT2D eigenvalue weighted by Gasteiger charge is -2.23. The molecule has 0 heterocycles. The summed E-state index contributed by atoms with van der Waals surface area (Å²) in [4.78, 5) is 11.3. The van der Waals surface area contributed by atoms with Gasteiger partial charge in [-0.25, -0.2) is 4.79 Å². The molecule has 2 amide bonds. The highest BCUT2D eigenvalue weighted by molar-refractivity contribution is 5.74. The van der Waals surface area contributed by atoms with Gasteiger partial charge in [-0.1, -0.05) is 20.8 Å². The Hall–Kier alpha value is -0.770. The van der Waals surface area contributed by atoms with Gasteiger partial charge < -0.3 is 16.4 Å². The van der Waals surface area contributed by atoms with Crippen molar-refractivity contribution in [1.82, 2.24) is 10.6 Å². The molecule has 0 aromatic heterocycles. The van der Waals surface area contributed by atoms with Crippen LogP contribution in [0.2, 0.25) is 0 Å². The number of urea groups is 1. The van der Waals surface area contributed by atoms with Gasteiger partial charge in [0.25, 0.3) is 0 Å². The lowest BCUT2D eigenvalue weighted by Crippen LogP contribution is -2.44. The van der Waals surface area contributed by atoms with Gasteiger partial charge in [0.2, 0.25) is 0 Å². The van der Waals surface area contributed by atoms with Gasteiger partial charge in [-0.15, -0.1) is 0 Å². The maximum absolute atomic E-state index is 11.3. The first-order chi connectivity index (χ1) is 6.87. The molecule has 1 atom stereocenters. The summed E-state index contributed by atoms with van der Waals surface area (Å²) in [6, 6.07) is 0.362. The lowest BCUT2D eigenvalue weighted by atomic mass is 9.88. The molecule has 1 unspecified atom stereocenters. The van der Waals surface area contributed by atoms with Gasteiger partial charge in [0, 0.05) is 18.6 Å². The zero-order valence-corrected chi connectivity index (χ0v) is 9.97. The second kappa shape index (κ2) is 4.84. The lowest BCUT2D eigenvalue weighted by molar-refractivity contribution is 0.238. The van der Waals surface area contributed by atoms with E-state index in [9.17, 15) is 4.79 Å². The fourth-order valence-corrected chi connectivity index (χ4v) is 1.55. The van der Waals surface area contributed by atoms with Crippen molar-refractivity contribution in [3.05, 3.63) is 0 Å². The molecule has 4 nitrogen and oxygen atoms in total. The molecule has 1 fully saturated rings. The van der Waals surface area contributed by atoms with Crippen LogP contribution >= 0.6 is 0 Å². The van der Waals surface area contributed by atoms with Crippen molar-refractivity contribution in [2.24, 2.45) is 11.1 Å². The van der Waals surface area contributed by atoms with Gasteiger partial charge in [0.05, 0.1) is 0 Å². The Kier molecular flexibility index (Phi) is 3.97. The van der Waals surface area contributed by atoms with Gasteiger partial charge in [0.15, 0.2) is 0 Å². The molecular formula is C11H23N3O. The third-order valence-corrected chi connectivity index (χ3v) is 2.31. The molecule has 0 aromatic rings. The van der Waals surface area contributed by atoms with Gasteiger partial charge >= 0.3 is 6.03 Å². The minimum atomic E-state index is -0.0816. The topological polar surface area (TPSA) is 67.1 Å². The maximum atomic E-state index is 11.3. The van der Waals surface area contributed by atoms with Crippen LogP contribution < -0.4 is 16.4 Å². The Balaban J connectivity index is 2.09. The Morgan fingerprint density at radius 1 is 1.47 bits per heavy atom. The zero-order chi connectivity index (χ0) is 11.5. The molecule has 0 bridgehead atoms. The molecule has 88 valence electrons. The van der Waals surface area contributed by atoms with Crippen LogP contribution in [0.5, 0.6) is 0 Å². The zero-order valence-electron chi connectivity index (χ0n) is 9.97. The minimum Gasteiger partial charge on any atom is -0.337 e. The summed E-state index contributed by atoms with van der Waals surface area (Å²) in [6.45, 7) is 7.00. The molecule has 0 aliphatic heterocycles. The number of nitrogens with two attached hydrogens (primary N) is 1. The van der Waals surface area contributed by atoms with E-state index in [0.29, 0.717) is 12.6 Å². The first-order valence-corrected chi connectivity index (χ1v) is 5.67. The highest BCUT2D eigenvalue weighted by atomic mass is 16.2. The van der Waals surface area contributed by atoms with E-state index in [1.165, 1.54) is 0 Å². The Morgan fingerprint density at radius 3 is 2.53 bits per heavy atom. The predicted molar refractivity (Wildman–Crippen MR) is 61.6 cm³/mol. The Bertz CT molecular complexity index is 218. The summed E-state index contributed by atoms with van der Waals surface area (Å²) in [5.74, 6) is 0. The largest absolute Gasteiger partial charge is 0.337 e. The third-order valence-electron chi connectivity index (χ3n) is 2.31. The van der Waals surface area contributed by atoms with Gasteiger partial charge in [-0.3, -0.25) is 0 Å². The summed E-state index contributed by atoms with van der Waals surface area (Å²) in [5.41, 5.74) is 6.13. The van der Waals surface area contributed by atoms with E-state index < -0.39 is 0 Å². The summed E-state index contributed by atoms with van der Waals surface area (Å²) < 4.78 is 0. The van der Waals surface area contributed by atoms with Crippen molar-refractivity contribution in [3.63, 3.8) is 0 Å². The minimum absolute atomic E-state index is 0.0370. The number of hydrogen-bond acceptors (Lipinski definition) is 2. The molecule has 1 saturated carbocycles. The van der Waals surface area contributed by atoms with Crippen molar-refractivity contribution in [2.75, 3.05) is 6.54 Å². The van der Waals surface area contributed by atoms with E-state index in [1.807, 2.05) is 0 Å². The van der Waals surface area contributed by atoms with E-state index in [2.05, 4.69) is 31.4 Å². The fourth-order valence-electron chi connectivity index (χ4n) is 1.55. The van der Waals surface area contributed by atoms with Crippen molar-refractivity contribution in [3.8, 4) is 0 Å². The Labute approximate surface area is 92.0 Å². The van der Waals surface area contributed by atoms with Crippen LogP contribution in [0.25, 0.3) is 0 Å².